The molecular weight excluding hydrogens is 440 g/mol. The number of amides is 1. The van der Waals surface area contributed by atoms with E-state index in [1.54, 1.807) is 17.0 Å². The first-order valence-electron chi connectivity index (χ1n) is 9.99. The number of nitro groups is 1. The third-order valence-electron chi connectivity index (χ3n) is 4.91. The molecule has 0 spiro atoms. The van der Waals surface area contributed by atoms with E-state index >= 15 is 0 Å². The number of non-ortho nitro benzene ring substituents is 1. The summed E-state index contributed by atoms with van der Waals surface area (Å²) in [6.07, 6.45) is 2.57. The van der Waals surface area contributed by atoms with Crippen molar-refractivity contribution in [3.63, 3.8) is 0 Å². The zero-order chi connectivity index (χ0) is 23.8. The number of nitro benzene ring substituents is 1. The summed E-state index contributed by atoms with van der Waals surface area (Å²) in [7, 11) is 0. The Labute approximate surface area is 187 Å². The first-order valence-corrected chi connectivity index (χ1v) is 9.99. The van der Waals surface area contributed by atoms with Crippen molar-refractivity contribution in [1.29, 1.82) is 0 Å². The molecule has 1 fully saturated rings. The Bertz CT molecular complexity index is 1000. The van der Waals surface area contributed by atoms with Crippen molar-refractivity contribution in [1.82, 2.24) is 4.90 Å². The topological polar surface area (TPSA) is 102 Å². The number of carbonyl (C=O) groups is 2. The van der Waals surface area contributed by atoms with Crippen molar-refractivity contribution in [3.05, 3.63) is 70.3 Å². The van der Waals surface area contributed by atoms with Gasteiger partial charge in [-0.15, -0.1) is 0 Å². The average molecular weight is 461 g/mol. The third kappa shape index (κ3) is 6.99. The fourth-order valence-electron chi connectivity index (χ4n) is 3.20. The molecule has 2 aromatic rings. The summed E-state index contributed by atoms with van der Waals surface area (Å²) in [5.41, 5.74) is 1.42. The highest BCUT2D eigenvalue weighted by atomic mass is 19.3. The number of piperazine rings is 1. The lowest BCUT2D eigenvalue weighted by atomic mass is 10.2. The second-order valence-corrected chi connectivity index (χ2v) is 7.03. The molecule has 0 atom stereocenters. The number of ether oxygens (including phenoxy) is 2. The van der Waals surface area contributed by atoms with Gasteiger partial charge >= 0.3 is 12.6 Å². The van der Waals surface area contributed by atoms with Gasteiger partial charge in [-0.1, -0.05) is 12.1 Å². The van der Waals surface area contributed by atoms with E-state index in [2.05, 4.69) is 4.74 Å². The zero-order valence-electron chi connectivity index (χ0n) is 17.4. The molecule has 0 aliphatic carbocycles. The van der Waals surface area contributed by atoms with Crippen molar-refractivity contribution >= 4 is 29.3 Å². The molecule has 1 aliphatic rings. The summed E-state index contributed by atoms with van der Waals surface area (Å²) in [6, 6.07) is 11.9. The van der Waals surface area contributed by atoms with Gasteiger partial charge in [-0.25, -0.2) is 4.79 Å². The molecule has 1 saturated heterocycles. The maximum Gasteiger partial charge on any atom is 0.387 e. The Kier molecular flexibility index (Phi) is 7.90. The molecule has 0 N–H and O–H groups in total. The molecule has 33 heavy (non-hydrogen) atoms. The number of hydrogen-bond donors (Lipinski definition) is 0. The Balaban J connectivity index is 1.41. The summed E-state index contributed by atoms with van der Waals surface area (Å²) in [5.74, 6) is -1.03. The Morgan fingerprint density at radius 2 is 1.67 bits per heavy atom. The molecule has 0 radical (unpaired) electrons. The van der Waals surface area contributed by atoms with Crippen LogP contribution in [-0.4, -0.2) is 61.1 Å². The zero-order valence-corrected chi connectivity index (χ0v) is 17.4. The molecule has 3 rings (SSSR count). The highest BCUT2D eigenvalue weighted by Gasteiger charge is 2.22. The second kappa shape index (κ2) is 11.0. The molecule has 0 saturated carbocycles. The summed E-state index contributed by atoms with van der Waals surface area (Å²) in [5, 5.41) is 10.8. The van der Waals surface area contributed by atoms with E-state index in [1.807, 2.05) is 4.90 Å². The van der Waals surface area contributed by atoms with Crippen molar-refractivity contribution in [2.45, 2.75) is 6.61 Å². The van der Waals surface area contributed by atoms with Crippen molar-refractivity contribution in [2.75, 3.05) is 37.7 Å². The van der Waals surface area contributed by atoms with Crippen LogP contribution in [0.15, 0.2) is 54.6 Å². The van der Waals surface area contributed by atoms with Gasteiger partial charge in [-0.2, -0.15) is 8.78 Å². The monoisotopic (exact) mass is 461 g/mol. The number of alkyl halides is 2. The predicted octanol–water partition coefficient (Wildman–Crippen LogP) is 3.10. The van der Waals surface area contributed by atoms with Crippen LogP contribution in [0.1, 0.15) is 5.56 Å². The first kappa shape index (κ1) is 23.6. The first-order chi connectivity index (χ1) is 15.8. The van der Waals surface area contributed by atoms with Crippen LogP contribution >= 0.6 is 0 Å². The molecule has 0 aromatic heterocycles. The van der Waals surface area contributed by atoms with Crippen LogP contribution in [0.25, 0.3) is 6.08 Å². The molecule has 9 nitrogen and oxygen atoms in total. The number of hydrogen-bond acceptors (Lipinski definition) is 7. The van der Waals surface area contributed by atoms with Gasteiger partial charge < -0.3 is 19.3 Å². The minimum Gasteiger partial charge on any atom is -0.452 e. The summed E-state index contributed by atoms with van der Waals surface area (Å²) in [4.78, 5) is 38.1. The maximum absolute atomic E-state index is 12.3. The van der Waals surface area contributed by atoms with Crippen molar-refractivity contribution in [2.24, 2.45) is 0 Å². The summed E-state index contributed by atoms with van der Waals surface area (Å²) in [6.45, 7) is -1.37. The smallest absolute Gasteiger partial charge is 0.387 e. The van der Waals surface area contributed by atoms with Gasteiger partial charge in [-0.05, 0) is 35.9 Å². The van der Waals surface area contributed by atoms with E-state index in [9.17, 15) is 28.5 Å². The lowest BCUT2D eigenvalue weighted by Gasteiger charge is -2.36. The minimum absolute atomic E-state index is 0.00370. The number of esters is 1. The van der Waals surface area contributed by atoms with Crippen LogP contribution in [0.4, 0.5) is 20.2 Å². The van der Waals surface area contributed by atoms with E-state index in [-0.39, 0.29) is 17.3 Å². The van der Waals surface area contributed by atoms with Crippen LogP contribution in [-0.2, 0) is 14.3 Å². The van der Waals surface area contributed by atoms with E-state index in [4.69, 9.17) is 4.74 Å². The van der Waals surface area contributed by atoms with Crippen LogP contribution in [0.3, 0.4) is 0 Å². The molecule has 1 aliphatic heterocycles. The Morgan fingerprint density at radius 1 is 1.03 bits per heavy atom. The SMILES string of the molecule is O=C(/C=C/c1ccc(OC(F)F)cc1)OCC(=O)N1CCN(c2ccc([N+](=O)[O-])cc2)CC1. The largest absolute Gasteiger partial charge is 0.452 e. The highest BCUT2D eigenvalue weighted by molar-refractivity contribution is 5.89. The minimum atomic E-state index is -2.91. The van der Waals surface area contributed by atoms with Gasteiger partial charge in [-0.3, -0.25) is 14.9 Å². The van der Waals surface area contributed by atoms with E-state index in [0.717, 1.165) is 11.8 Å². The molecule has 11 heteroatoms. The van der Waals surface area contributed by atoms with Gasteiger partial charge in [0.05, 0.1) is 4.92 Å². The van der Waals surface area contributed by atoms with Gasteiger partial charge in [0, 0.05) is 50.1 Å². The van der Waals surface area contributed by atoms with Crippen molar-refractivity contribution < 1.29 is 32.8 Å². The maximum atomic E-state index is 12.3. The predicted molar refractivity (Wildman–Crippen MR) is 115 cm³/mol. The highest BCUT2D eigenvalue weighted by Crippen LogP contribution is 2.21. The number of halogens is 2. The summed E-state index contributed by atoms with van der Waals surface area (Å²) < 4.78 is 33.5. The van der Waals surface area contributed by atoms with E-state index in [1.165, 1.54) is 42.5 Å². The molecule has 1 amide bonds. The molecule has 2 aromatic carbocycles. The molecule has 174 valence electrons. The van der Waals surface area contributed by atoms with Crippen molar-refractivity contribution in [3.8, 4) is 5.75 Å². The lowest BCUT2D eigenvalue weighted by Crippen LogP contribution is -2.49. The van der Waals surface area contributed by atoms with Crippen LogP contribution in [0.2, 0.25) is 0 Å². The molecular formula is C22H21F2N3O6. The fourth-order valence-corrected chi connectivity index (χ4v) is 3.20. The molecule has 1 heterocycles. The Morgan fingerprint density at radius 3 is 2.24 bits per heavy atom. The van der Waals surface area contributed by atoms with Crippen LogP contribution < -0.4 is 9.64 Å². The molecule has 0 unspecified atom stereocenters. The van der Waals surface area contributed by atoms with Crippen LogP contribution in [0, 0.1) is 10.1 Å². The number of benzene rings is 2. The average Bonchev–Trinajstić information content (AvgIpc) is 2.82. The fraction of sp³-hybridized carbons (Fsp3) is 0.273. The standard InChI is InChI=1S/C22H21F2N3O6/c23-22(24)33-19-8-1-16(2-9-19)3-10-21(29)32-15-20(28)26-13-11-25(12-14-26)17-4-6-18(7-5-17)27(30)31/h1-10,22H,11-15H2/b10-3+. The number of nitrogens with zero attached hydrogens (tertiary/aromatic N) is 3. The normalized spacial score (nSPS) is 13.9. The second-order valence-electron chi connectivity index (χ2n) is 7.03. The van der Waals surface area contributed by atoms with Crippen LogP contribution in [0.5, 0.6) is 5.75 Å². The molecule has 0 bridgehead atoms. The van der Waals surface area contributed by atoms with Gasteiger partial charge in [0.25, 0.3) is 11.6 Å². The number of rotatable bonds is 8. The Hall–Kier alpha value is -4.02. The van der Waals surface area contributed by atoms with E-state index in [0.29, 0.717) is 31.7 Å². The van der Waals surface area contributed by atoms with Gasteiger partial charge in [0.2, 0.25) is 0 Å². The quantitative estimate of drug-likeness (QED) is 0.258. The number of anilines is 1. The lowest BCUT2D eigenvalue weighted by molar-refractivity contribution is -0.384. The number of carbonyl (C=O) groups excluding carboxylic acids is 2. The van der Waals surface area contributed by atoms with Gasteiger partial charge in [0.15, 0.2) is 6.61 Å². The van der Waals surface area contributed by atoms with Gasteiger partial charge in [0.1, 0.15) is 5.75 Å². The van der Waals surface area contributed by atoms with E-state index < -0.39 is 24.1 Å². The third-order valence-corrected chi connectivity index (χ3v) is 4.91. The summed E-state index contributed by atoms with van der Waals surface area (Å²) >= 11 is 0.